The van der Waals surface area contributed by atoms with Crippen LogP contribution in [0.5, 0.6) is 5.88 Å². The summed E-state index contributed by atoms with van der Waals surface area (Å²) in [5.74, 6) is 2.27. The fourth-order valence-electron chi connectivity index (χ4n) is 5.03. The largest absolute Gasteiger partial charge is 0.464 e. The summed E-state index contributed by atoms with van der Waals surface area (Å²) in [6, 6.07) is 8.06. The van der Waals surface area contributed by atoms with Gasteiger partial charge >= 0.3 is 0 Å². The smallest absolute Gasteiger partial charge is 0.227 e. The highest BCUT2D eigenvalue weighted by atomic mass is 16.5. The van der Waals surface area contributed by atoms with E-state index in [0.29, 0.717) is 11.8 Å². The number of rotatable bonds is 3. The predicted octanol–water partition coefficient (Wildman–Crippen LogP) is 3.64. The van der Waals surface area contributed by atoms with E-state index in [-0.39, 0.29) is 0 Å². The Labute approximate surface area is 187 Å². The van der Waals surface area contributed by atoms with Gasteiger partial charge in [0.05, 0.1) is 17.6 Å². The van der Waals surface area contributed by atoms with Crippen molar-refractivity contribution < 1.29 is 4.74 Å². The minimum absolute atomic E-state index is 0.418. The first-order valence-electron chi connectivity index (χ1n) is 11.5. The molecule has 0 amide bonds. The van der Waals surface area contributed by atoms with Gasteiger partial charge in [0, 0.05) is 49.7 Å². The number of ether oxygens (including phenoxy) is 1. The van der Waals surface area contributed by atoms with Crippen molar-refractivity contribution in [1.29, 1.82) is 0 Å². The van der Waals surface area contributed by atoms with Crippen LogP contribution in [-0.2, 0) is 5.60 Å². The molecule has 3 aliphatic rings. The number of fused-ring (bicyclic) bond motifs is 4. The summed E-state index contributed by atoms with van der Waals surface area (Å²) >= 11 is 0. The van der Waals surface area contributed by atoms with Crippen LogP contribution in [0.3, 0.4) is 0 Å². The van der Waals surface area contributed by atoms with Gasteiger partial charge in [-0.15, -0.1) is 0 Å². The zero-order valence-corrected chi connectivity index (χ0v) is 18.0. The number of pyridine rings is 2. The van der Waals surface area contributed by atoms with Crippen LogP contribution in [0.4, 0.5) is 17.5 Å². The number of aromatic nitrogens is 4. The summed E-state index contributed by atoms with van der Waals surface area (Å²) in [5.41, 5.74) is 3.42. The van der Waals surface area contributed by atoms with Crippen molar-refractivity contribution in [3.05, 3.63) is 48.5 Å². The van der Waals surface area contributed by atoms with Gasteiger partial charge in [-0.1, -0.05) is 6.42 Å². The van der Waals surface area contributed by atoms with Crippen LogP contribution >= 0.6 is 0 Å². The van der Waals surface area contributed by atoms with Crippen LogP contribution < -0.4 is 20.3 Å². The van der Waals surface area contributed by atoms with Crippen molar-refractivity contribution >= 4 is 17.5 Å². The molecule has 8 nitrogen and oxygen atoms in total. The van der Waals surface area contributed by atoms with Crippen molar-refractivity contribution in [2.24, 2.45) is 0 Å². The molecule has 1 spiro atoms. The van der Waals surface area contributed by atoms with E-state index in [4.69, 9.17) is 9.72 Å². The van der Waals surface area contributed by atoms with Crippen LogP contribution in [0.15, 0.2) is 42.9 Å². The maximum absolute atomic E-state index is 6.52. The van der Waals surface area contributed by atoms with Gasteiger partial charge in [0.1, 0.15) is 5.82 Å². The third kappa shape index (κ3) is 3.44. The van der Waals surface area contributed by atoms with Gasteiger partial charge in [0.25, 0.3) is 0 Å². The molecule has 2 N–H and O–H groups in total. The molecule has 0 bridgehead atoms. The van der Waals surface area contributed by atoms with Crippen LogP contribution in [-0.4, -0.2) is 46.1 Å². The quantitative estimate of drug-likeness (QED) is 0.653. The maximum Gasteiger partial charge on any atom is 0.227 e. The highest BCUT2D eigenvalue weighted by Crippen LogP contribution is 2.49. The summed E-state index contributed by atoms with van der Waals surface area (Å²) in [6.07, 6.45) is 10.9. The molecule has 32 heavy (non-hydrogen) atoms. The van der Waals surface area contributed by atoms with E-state index in [2.05, 4.69) is 36.6 Å². The standard InChI is InChI=1S/C24H27N7O/c1-2-8-24(9-3-1)21-19(18-5-4-10-26-22(18)32-24)16-28-23(30-21)29-17-6-7-20(27-15-17)31-13-11-25-12-14-31/h4-7,10,15-16,25H,1-3,8-9,11-14H2,(H,28,29,30). The molecule has 2 aliphatic heterocycles. The first kappa shape index (κ1) is 19.4. The van der Waals surface area contributed by atoms with Crippen molar-refractivity contribution in [2.45, 2.75) is 37.7 Å². The highest BCUT2D eigenvalue weighted by molar-refractivity contribution is 5.74. The molecule has 8 heteroatoms. The molecule has 5 heterocycles. The molecule has 0 aromatic carbocycles. The molecular formula is C24H27N7O. The van der Waals surface area contributed by atoms with E-state index in [0.717, 1.165) is 80.2 Å². The van der Waals surface area contributed by atoms with Gasteiger partial charge in [0.2, 0.25) is 11.8 Å². The van der Waals surface area contributed by atoms with E-state index in [1.165, 1.54) is 6.42 Å². The number of anilines is 3. The zero-order valence-electron chi connectivity index (χ0n) is 18.0. The number of nitrogens with one attached hydrogen (secondary N) is 2. The molecule has 0 radical (unpaired) electrons. The lowest BCUT2D eigenvalue weighted by molar-refractivity contribution is 0.0154. The van der Waals surface area contributed by atoms with E-state index < -0.39 is 5.60 Å². The van der Waals surface area contributed by atoms with Crippen molar-refractivity contribution in [3.8, 4) is 17.0 Å². The van der Waals surface area contributed by atoms with E-state index in [1.807, 2.05) is 30.6 Å². The minimum Gasteiger partial charge on any atom is -0.464 e. The van der Waals surface area contributed by atoms with Crippen LogP contribution in [0.1, 0.15) is 37.8 Å². The van der Waals surface area contributed by atoms with Gasteiger partial charge in [-0.2, -0.15) is 0 Å². The van der Waals surface area contributed by atoms with Crippen LogP contribution in [0.25, 0.3) is 11.1 Å². The zero-order chi connectivity index (χ0) is 21.4. The first-order chi connectivity index (χ1) is 15.8. The Balaban J connectivity index is 1.31. The Bertz CT molecular complexity index is 1110. The average molecular weight is 430 g/mol. The molecule has 1 aliphatic carbocycles. The lowest BCUT2D eigenvalue weighted by Crippen LogP contribution is -2.43. The Morgan fingerprint density at radius 2 is 1.81 bits per heavy atom. The normalized spacial score (nSPS) is 19.1. The highest BCUT2D eigenvalue weighted by Gasteiger charge is 2.44. The van der Waals surface area contributed by atoms with E-state index in [9.17, 15) is 0 Å². The average Bonchev–Trinajstić information content (AvgIpc) is 2.86. The first-order valence-corrected chi connectivity index (χ1v) is 11.5. The second-order valence-corrected chi connectivity index (χ2v) is 8.74. The lowest BCUT2D eigenvalue weighted by atomic mass is 9.78. The monoisotopic (exact) mass is 429 g/mol. The van der Waals surface area contributed by atoms with Gasteiger partial charge in [-0.3, -0.25) is 0 Å². The van der Waals surface area contributed by atoms with Crippen molar-refractivity contribution in [3.63, 3.8) is 0 Å². The topological polar surface area (TPSA) is 88.1 Å². The van der Waals surface area contributed by atoms with Crippen LogP contribution in [0, 0.1) is 0 Å². The summed E-state index contributed by atoms with van der Waals surface area (Å²) in [5, 5.41) is 6.72. The molecular weight excluding hydrogens is 402 g/mol. The summed E-state index contributed by atoms with van der Waals surface area (Å²) < 4.78 is 6.52. The predicted molar refractivity (Wildman–Crippen MR) is 123 cm³/mol. The van der Waals surface area contributed by atoms with E-state index in [1.54, 1.807) is 6.20 Å². The second-order valence-electron chi connectivity index (χ2n) is 8.74. The Morgan fingerprint density at radius 1 is 0.938 bits per heavy atom. The molecule has 3 aromatic rings. The van der Waals surface area contributed by atoms with E-state index >= 15 is 0 Å². The Kier molecular flexibility index (Phi) is 4.87. The van der Waals surface area contributed by atoms with Crippen molar-refractivity contribution in [2.75, 3.05) is 36.4 Å². The molecule has 2 fully saturated rings. The van der Waals surface area contributed by atoms with Gasteiger partial charge in [-0.25, -0.2) is 19.9 Å². The number of nitrogens with zero attached hydrogens (tertiary/aromatic N) is 5. The SMILES string of the molecule is c1cnc2c(c1)-c1cnc(Nc3ccc(N4CCNCC4)nc3)nc1C1(CCCCC1)O2. The molecule has 1 saturated heterocycles. The number of piperazine rings is 1. The molecule has 0 unspecified atom stereocenters. The molecule has 1 saturated carbocycles. The van der Waals surface area contributed by atoms with Crippen molar-refractivity contribution in [1.82, 2.24) is 25.3 Å². The van der Waals surface area contributed by atoms with Gasteiger partial charge < -0.3 is 20.3 Å². The van der Waals surface area contributed by atoms with Crippen LogP contribution in [0.2, 0.25) is 0 Å². The minimum atomic E-state index is -0.418. The number of hydrogen-bond acceptors (Lipinski definition) is 8. The lowest BCUT2D eigenvalue weighted by Gasteiger charge is -2.41. The Hall–Kier alpha value is -3.26. The third-order valence-corrected chi connectivity index (χ3v) is 6.68. The third-order valence-electron chi connectivity index (χ3n) is 6.68. The van der Waals surface area contributed by atoms with Gasteiger partial charge in [0.15, 0.2) is 5.60 Å². The fraction of sp³-hybridized carbons (Fsp3) is 0.417. The molecule has 3 aromatic heterocycles. The fourth-order valence-corrected chi connectivity index (χ4v) is 5.03. The van der Waals surface area contributed by atoms with Gasteiger partial charge in [-0.05, 0) is 49.9 Å². The Morgan fingerprint density at radius 3 is 2.62 bits per heavy atom. The maximum atomic E-state index is 6.52. The molecule has 6 rings (SSSR count). The molecule has 0 atom stereocenters. The second kappa shape index (κ2) is 8.02. The summed E-state index contributed by atoms with van der Waals surface area (Å²) in [7, 11) is 0. The summed E-state index contributed by atoms with van der Waals surface area (Å²) in [6.45, 7) is 3.94. The number of hydrogen-bond donors (Lipinski definition) is 2. The summed E-state index contributed by atoms with van der Waals surface area (Å²) in [4.78, 5) is 21.0. The molecule has 164 valence electrons.